The molecular formula is C12H16N2O6S. The van der Waals surface area contributed by atoms with E-state index in [-0.39, 0.29) is 17.9 Å². The highest BCUT2D eigenvalue weighted by Gasteiger charge is 2.15. The number of hydrogen-bond acceptors (Lipinski definition) is 5. The lowest BCUT2D eigenvalue weighted by Gasteiger charge is -2.08. The maximum Gasteiger partial charge on any atom is 0.422 e. The van der Waals surface area contributed by atoms with Crippen molar-refractivity contribution in [2.45, 2.75) is 24.7 Å². The molecule has 1 rings (SSSR count). The maximum atomic E-state index is 11.8. The first-order chi connectivity index (χ1) is 9.85. The fourth-order valence-electron chi connectivity index (χ4n) is 1.42. The van der Waals surface area contributed by atoms with E-state index in [1.165, 1.54) is 24.3 Å². The number of carbonyl (C=O) groups excluding carboxylic acids is 1. The molecule has 0 spiro atoms. The molecule has 0 aliphatic carbocycles. The number of amides is 1. The Hall–Kier alpha value is -2.13. The predicted octanol–water partition coefficient (Wildman–Crippen LogP) is 0.643. The molecule has 0 aliphatic heterocycles. The van der Waals surface area contributed by atoms with Crippen molar-refractivity contribution < 1.29 is 27.9 Å². The van der Waals surface area contributed by atoms with Crippen LogP contribution in [0.1, 0.15) is 18.9 Å². The van der Waals surface area contributed by atoms with Crippen molar-refractivity contribution in [1.29, 1.82) is 0 Å². The molecule has 0 radical (unpaired) electrons. The van der Waals surface area contributed by atoms with Crippen molar-refractivity contribution in [3.63, 3.8) is 0 Å². The molecule has 0 fully saturated rings. The lowest BCUT2D eigenvalue weighted by atomic mass is 10.1. The van der Waals surface area contributed by atoms with Gasteiger partial charge in [0.25, 0.3) is 10.0 Å². The van der Waals surface area contributed by atoms with Crippen LogP contribution in [0.15, 0.2) is 29.2 Å². The molecule has 1 aromatic carbocycles. The third kappa shape index (κ3) is 5.79. The van der Waals surface area contributed by atoms with Crippen LogP contribution in [0.5, 0.6) is 0 Å². The summed E-state index contributed by atoms with van der Waals surface area (Å²) in [5.74, 6) is -0.924. The van der Waals surface area contributed by atoms with Crippen LogP contribution in [-0.2, 0) is 26.0 Å². The number of sulfonamides is 1. The molecule has 21 heavy (non-hydrogen) atoms. The second-order valence-electron chi connectivity index (χ2n) is 3.99. The molecule has 0 bridgehead atoms. The van der Waals surface area contributed by atoms with Gasteiger partial charge in [-0.25, -0.2) is 18.6 Å². The summed E-state index contributed by atoms with van der Waals surface area (Å²) in [6.45, 7) is 1.70. The van der Waals surface area contributed by atoms with Crippen LogP contribution in [0.4, 0.5) is 4.79 Å². The SMILES string of the molecule is CCOC(=O)NNS(=O)(=O)c1ccc(CCC(=O)O)cc1. The van der Waals surface area contributed by atoms with Gasteiger partial charge in [-0.2, -0.15) is 0 Å². The standard InChI is InChI=1S/C12H16N2O6S/c1-2-20-12(17)13-14-21(18,19)10-6-3-9(4-7-10)5-8-11(15)16/h3-4,6-7,14H,2,5,8H2,1H3,(H,13,17)(H,15,16). The van der Waals surface area contributed by atoms with Gasteiger partial charge in [0.05, 0.1) is 11.5 Å². The van der Waals surface area contributed by atoms with Crippen molar-refractivity contribution >= 4 is 22.1 Å². The molecule has 1 amide bonds. The quantitative estimate of drug-likeness (QED) is 0.635. The van der Waals surface area contributed by atoms with E-state index in [1.807, 2.05) is 10.3 Å². The molecule has 3 N–H and O–H groups in total. The Kier molecular flexibility index (Phi) is 6.12. The second kappa shape index (κ2) is 7.60. The van der Waals surface area contributed by atoms with E-state index >= 15 is 0 Å². The first-order valence-corrected chi connectivity index (χ1v) is 7.58. The van der Waals surface area contributed by atoms with Crippen molar-refractivity contribution in [1.82, 2.24) is 10.3 Å². The number of rotatable bonds is 7. The van der Waals surface area contributed by atoms with Gasteiger partial charge in [-0.3, -0.25) is 4.79 Å². The van der Waals surface area contributed by atoms with Crippen LogP contribution >= 0.6 is 0 Å². The largest absolute Gasteiger partial charge is 0.481 e. The normalized spacial score (nSPS) is 10.9. The van der Waals surface area contributed by atoms with Gasteiger partial charge >= 0.3 is 12.1 Å². The number of aryl methyl sites for hydroxylation is 1. The highest BCUT2D eigenvalue weighted by Crippen LogP contribution is 2.11. The summed E-state index contributed by atoms with van der Waals surface area (Å²) in [6.07, 6.45) is -0.627. The maximum absolute atomic E-state index is 11.8. The van der Waals surface area contributed by atoms with Crippen molar-refractivity contribution in [3.8, 4) is 0 Å². The number of carbonyl (C=O) groups is 2. The summed E-state index contributed by atoms with van der Waals surface area (Å²) >= 11 is 0. The summed E-state index contributed by atoms with van der Waals surface area (Å²) in [7, 11) is -3.90. The topological polar surface area (TPSA) is 122 Å². The van der Waals surface area contributed by atoms with Gasteiger partial charge in [0.2, 0.25) is 0 Å². The fourth-order valence-corrected chi connectivity index (χ4v) is 2.25. The average Bonchev–Trinajstić information content (AvgIpc) is 2.44. The number of nitrogens with one attached hydrogen (secondary N) is 2. The molecule has 8 nitrogen and oxygen atoms in total. The van der Waals surface area contributed by atoms with Crippen LogP contribution in [0.25, 0.3) is 0 Å². The summed E-state index contributed by atoms with van der Waals surface area (Å²) in [4.78, 5) is 23.3. The molecule has 0 heterocycles. The molecule has 0 aliphatic rings. The minimum Gasteiger partial charge on any atom is -0.481 e. The zero-order valence-electron chi connectivity index (χ0n) is 11.3. The van der Waals surface area contributed by atoms with Crippen LogP contribution in [0.3, 0.4) is 0 Å². The molecule has 0 saturated heterocycles. The van der Waals surface area contributed by atoms with Crippen molar-refractivity contribution in [2.24, 2.45) is 0 Å². The Morgan fingerprint density at radius 3 is 2.38 bits per heavy atom. The minimum absolute atomic E-state index is 0.0330. The fraction of sp³-hybridized carbons (Fsp3) is 0.333. The van der Waals surface area contributed by atoms with Crippen molar-refractivity contribution in [2.75, 3.05) is 6.61 Å². The molecule has 0 saturated carbocycles. The monoisotopic (exact) mass is 316 g/mol. The van der Waals surface area contributed by atoms with Gasteiger partial charge in [0.1, 0.15) is 0 Å². The first kappa shape index (κ1) is 16.9. The zero-order valence-corrected chi connectivity index (χ0v) is 12.1. The number of ether oxygens (including phenoxy) is 1. The van der Waals surface area contributed by atoms with Crippen molar-refractivity contribution in [3.05, 3.63) is 29.8 Å². The summed E-state index contributed by atoms with van der Waals surface area (Å²) < 4.78 is 28.2. The van der Waals surface area contributed by atoms with E-state index in [1.54, 1.807) is 6.92 Å². The molecule has 0 aromatic heterocycles. The first-order valence-electron chi connectivity index (χ1n) is 6.10. The molecule has 116 valence electrons. The molecule has 0 unspecified atom stereocenters. The Morgan fingerprint density at radius 1 is 1.24 bits per heavy atom. The number of carboxylic acid groups (broad SMARTS) is 1. The Bertz CT molecular complexity index is 597. The van der Waals surface area contributed by atoms with Gasteiger partial charge in [0, 0.05) is 6.42 Å². The van der Waals surface area contributed by atoms with Crippen LogP contribution < -0.4 is 10.3 Å². The predicted molar refractivity (Wildman–Crippen MR) is 72.9 cm³/mol. The molecule has 9 heteroatoms. The lowest BCUT2D eigenvalue weighted by Crippen LogP contribution is -2.41. The summed E-state index contributed by atoms with van der Waals surface area (Å²) in [5, 5.41) is 8.57. The Morgan fingerprint density at radius 2 is 1.86 bits per heavy atom. The number of aliphatic carboxylic acids is 1. The number of hydrogen-bond donors (Lipinski definition) is 3. The summed E-state index contributed by atoms with van der Waals surface area (Å²) in [5.41, 5.74) is 2.60. The van der Waals surface area contributed by atoms with Gasteiger partial charge in [-0.1, -0.05) is 12.1 Å². The van der Waals surface area contributed by atoms with Crippen LogP contribution in [0, 0.1) is 0 Å². The highest BCUT2D eigenvalue weighted by atomic mass is 32.2. The third-order valence-electron chi connectivity index (χ3n) is 2.42. The summed E-state index contributed by atoms with van der Waals surface area (Å²) in [6, 6.07) is 5.68. The van der Waals surface area contributed by atoms with Gasteiger partial charge < -0.3 is 9.84 Å². The minimum atomic E-state index is -3.90. The number of benzene rings is 1. The van der Waals surface area contributed by atoms with Gasteiger partial charge in [-0.05, 0) is 31.0 Å². The van der Waals surface area contributed by atoms with Crippen LogP contribution in [0.2, 0.25) is 0 Å². The number of carboxylic acids is 1. The third-order valence-corrected chi connectivity index (χ3v) is 3.69. The molecule has 1 aromatic rings. The van der Waals surface area contributed by atoms with Crippen LogP contribution in [-0.4, -0.2) is 32.2 Å². The van der Waals surface area contributed by atoms with E-state index in [2.05, 4.69) is 4.74 Å². The Balaban J connectivity index is 2.66. The van der Waals surface area contributed by atoms with E-state index in [0.29, 0.717) is 12.0 Å². The Labute approximate surface area is 122 Å². The molecular weight excluding hydrogens is 300 g/mol. The van der Waals surface area contributed by atoms with E-state index in [0.717, 1.165) is 0 Å². The van der Waals surface area contributed by atoms with E-state index in [4.69, 9.17) is 5.11 Å². The zero-order chi connectivity index (χ0) is 15.9. The number of hydrazine groups is 1. The van der Waals surface area contributed by atoms with E-state index in [9.17, 15) is 18.0 Å². The lowest BCUT2D eigenvalue weighted by molar-refractivity contribution is -0.136. The average molecular weight is 316 g/mol. The van der Waals surface area contributed by atoms with E-state index < -0.39 is 22.1 Å². The molecule has 0 atom stereocenters. The second-order valence-corrected chi connectivity index (χ2v) is 5.67. The van der Waals surface area contributed by atoms with Gasteiger partial charge in [-0.15, -0.1) is 4.83 Å². The smallest absolute Gasteiger partial charge is 0.422 e. The van der Waals surface area contributed by atoms with Gasteiger partial charge in [0.15, 0.2) is 0 Å². The highest BCUT2D eigenvalue weighted by molar-refractivity contribution is 7.89.